The zero-order chi connectivity index (χ0) is 16.2. The number of carbonyl (C=O) groups is 1. The van der Waals surface area contributed by atoms with Crippen molar-refractivity contribution in [3.8, 4) is 11.8 Å². The first-order chi connectivity index (χ1) is 11.2. The number of nitrogens with zero attached hydrogens (tertiary/aromatic N) is 7. The van der Waals surface area contributed by atoms with Gasteiger partial charge in [-0.25, -0.2) is 19.3 Å². The van der Waals surface area contributed by atoms with Gasteiger partial charge in [-0.2, -0.15) is 10.1 Å². The molecular formula is C13H14N8O2. The van der Waals surface area contributed by atoms with Crippen molar-refractivity contribution in [2.24, 2.45) is 7.05 Å². The molecule has 0 aromatic carbocycles. The van der Waals surface area contributed by atoms with Gasteiger partial charge in [0.25, 0.3) is 5.91 Å². The molecule has 0 atom stereocenters. The van der Waals surface area contributed by atoms with Crippen molar-refractivity contribution in [2.45, 2.75) is 6.54 Å². The zero-order valence-electron chi connectivity index (χ0n) is 12.5. The molecule has 0 aliphatic rings. The van der Waals surface area contributed by atoms with Crippen LogP contribution in [0.1, 0.15) is 16.2 Å². The second kappa shape index (κ2) is 6.22. The second-order valence-electron chi connectivity index (χ2n) is 4.55. The quantitative estimate of drug-likeness (QED) is 0.689. The number of rotatable bonds is 5. The van der Waals surface area contributed by atoms with Crippen molar-refractivity contribution in [3.05, 3.63) is 42.4 Å². The Morgan fingerprint density at radius 2 is 2.30 bits per heavy atom. The minimum Gasteiger partial charge on any atom is -0.467 e. The highest BCUT2D eigenvalue weighted by Gasteiger charge is 2.16. The minimum absolute atomic E-state index is 0.0375. The first-order valence-electron chi connectivity index (χ1n) is 6.71. The molecule has 0 unspecified atom stereocenters. The highest BCUT2D eigenvalue weighted by atomic mass is 16.5. The van der Waals surface area contributed by atoms with Crippen LogP contribution in [0.5, 0.6) is 6.01 Å². The van der Waals surface area contributed by atoms with Crippen LogP contribution >= 0.6 is 0 Å². The summed E-state index contributed by atoms with van der Waals surface area (Å²) >= 11 is 0. The minimum atomic E-state index is -0.405. The Morgan fingerprint density at radius 1 is 1.43 bits per heavy atom. The Hall–Kier alpha value is -3.30. The molecule has 118 valence electrons. The summed E-state index contributed by atoms with van der Waals surface area (Å²) in [5.74, 6) is 0.227. The summed E-state index contributed by atoms with van der Waals surface area (Å²) in [7, 11) is 3.11. The van der Waals surface area contributed by atoms with E-state index in [0.29, 0.717) is 5.82 Å². The van der Waals surface area contributed by atoms with E-state index in [0.717, 1.165) is 5.56 Å². The van der Waals surface area contributed by atoms with Crippen molar-refractivity contribution in [1.29, 1.82) is 0 Å². The van der Waals surface area contributed by atoms with Crippen molar-refractivity contribution >= 4 is 5.91 Å². The molecule has 1 N–H and O–H groups in total. The Bertz CT molecular complexity index is 811. The number of methoxy groups -OCH3 is 1. The number of ether oxygens (including phenoxy) is 1. The standard InChI is InChI=1S/C13H14N8O2/c1-20-13(23-2)18-10(19-20)12(22)16-6-9-4-3-5-15-11(9)21-8-14-7-17-21/h3-5,7-8H,6H2,1-2H3,(H,16,22). The van der Waals surface area contributed by atoms with Gasteiger partial charge in [-0.1, -0.05) is 6.07 Å². The van der Waals surface area contributed by atoms with Gasteiger partial charge in [-0.15, -0.1) is 5.10 Å². The van der Waals surface area contributed by atoms with Gasteiger partial charge in [0.15, 0.2) is 5.82 Å². The van der Waals surface area contributed by atoms with Gasteiger partial charge >= 0.3 is 6.01 Å². The van der Waals surface area contributed by atoms with E-state index >= 15 is 0 Å². The van der Waals surface area contributed by atoms with E-state index in [1.54, 1.807) is 25.6 Å². The Kier molecular flexibility index (Phi) is 3.95. The fourth-order valence-corrected chi connectivity index (χ4v) is 1.99. The third-order valence-corrected chi connectivity index (χ3v) is 3.05. The lowest BCUT2D eigenvalue weighted by atomic mass is 10.2. The van der Waals surface area contributed by atoms with E-state index < -0.39 is 5.91 Å². The maximum atomic E-state index is 12.1. The van der Waals surface area contributed by atoms with Gasteiger partial charge in [0.05, 0.1) is 7.11 Å². The number of hydrogen-bond donors (Lipinski definition) is 1. The van der Waals surface area contributed by atoms with Crippen molar-refractivity contribution in [1.82, 2.24) is 39.8 Å². The van der Waals surface area contributed by atoms with E-state index in [1.165, 1.54) is 22.8 Å². The second-order valence-corrected chi connectivity index (χ2v) is 4.55. The van der Waals surface area contributed by atoms with Gasteiger partial charge in [0, 0.05) is 25.4 Å². The first-order valence-corrected chi connectivity index (χ1v) is 6.71. The molecule has 3 aromatic heterocycles. The SMILES string of the molecule is COc1nc(C(=O)NCc2cccnc2-n2cncn2)nn1C. The van der Waals surface area contributed by atoms with E-state index in [9.17, 15) is 4.79 Å². The monoisotopic (exact) mass is 314 g/mol. The number of carbonyl (C=O) groups excluding carboxylic acids is 1. The molecule has 10 heteroatoms. The number of amides is 1. The number of aryl methyl sites for hydroxylation is 1. The lowest BCUT2D eigenvalue weighted by molar-refractivity contribution is 0.0940. The van der Waals surface area contributed by atoms with Crippen molar-refractivity contribution < 1.29 is 9.53 Å². The zero-order valence-corrected chi connectivity index (χ0v) is 12.5. The van der Waals surface area contributed by atoms with Crippen LogP contribution in [0.15, 0.2) is 31.0 Å². The lowest BCUT2D eigenvalue weighted by Crippen LogP contribution is -2.25. The number of aromatic nitrogens is 7. The van der Waals surface area contributed by atoms with Gasteiger partial charge in [-0.3, -0.25) is 4.79 Å². The molecular weight excluding hydrogens is 300 g/mol. The molecule has 0 saturated carbocycles. The molecule has 0 aliphatic carbocycles. The summed E-state index contributed by atoms with van der Waals surface area (Å²) in [5.41, 5.74) is 0.786. The topological polar surface area (TPSA) is 113 Å². The fraction of sp³-hybridized carbons (Fsp3) is 0.231. The average Bonchev–Trinajstić information content (AvgIpc) is 3.22. The Morgan fingerprint density at radius 3 is 3.00 bits per heavy atom. The molecule has 0 saturated heterocycles. The van der Waals surface area contributed by atoms with Crippen LogP contribution in [-0.4, -0.2) is 47.5 Å². The largest absolute Gasteiger partial charge is 0.467 e. The predicted octanol–water partition coefficient (Wildman–Crippen LogP) is -0.271. The van der Waals surface area contributed by atoms with Crippen LogP contribution in [0.3, 0.4) is 0 Å². The molecule has 0 spiro atoms. The molecule has 1 amide bonds. The molecule has 3 rings (SSSR count). The van der Waals surface area contributed by atoms with Gasteiger partial charge in [0.2, 0.25) is 5.82 Å². The molecule has 10 nitrogen and oxygen atoms in total. The van der Waals surface area contributed by atoms with Gasteiger partial charge < -0.3 is 10.1 Å². The smallest absolute Gasteiger partial charge is 0.314 e. The lowest BCUT2D eigenvalue weighted by Gasteiger charge is -2.08. The van der Waals surface area contributed by atoms with Crippen LogP contribution in [0.25, 0.3) is 5.82 Å². The fourth-order valence-electron chi connectivity index (χ4n) is 1.99. The average molecular weight is 314 g/mol. The maximum Gasteiger partial charge on any atom is 0.314 e. The van der Waals surface area contributed by atoms with Crippen LogP contribution in [0.4, 0.5) is 0 Å². The van der Waals surface area contributed by atoms with Crippen LogP contribution < -0.4 is 10.1 Å². The van der Waals surface area contributed by atoms with E-state index in [1.807, 2.05) is 6.07 Å². The number of hydrogen-bond acceptors (Lipinski definition) is 7. The molecule has 0 aliphatic heterocycles. The van der Waals surface area contributed by atoms with Crippen LogP contribution in [0.2, 0.25) is 0 Å². The normalized spacial score (nSPS) is 10.5. The maximum absolute atomic E-state index is 12.1. The summed E-state index contributed by atoms with van der Waals surface area (Å²) in [4.78, 5) is 24.3. The molecule has 3 heterocycles. The van der Waals surface area contributed by atoms with E-state index in [4.69, 9.17) is 4.74 Å². The number of pyridine rings is 1. The summed E-state index contributed by atoms with van der Waals surface area (Å²) in [6.45, 7) is 0.252. The van der Waals surface area contributed by atoms with Crippen molar-refractivity contribution in [2.75, 3.05) is 7.11 Å². The number of nitrogens with one attached hydrogen (secondary N) is 1. The summed E-state index contributed by atoms with van der Waals surface area (Å²) in [6, 6.07) is 3.89. The van der Waals surface area contributed by atoms with E-state index in [-0.39, 0.29) is 18.4 Å². The highest BCUT2D eigenvalue weighted by Crippen LogP contribution is 2.10. The molecule has 3 aromatic rings. The summed E-state index contributed by atoms with van der Waals surface area (Å²) < 4.78 is 7.91. The predicted molar refractivity (Wildman–Crippen MR) is 77.9 cm³/mol. The summed E-state index contributed by atoms with van der Waals surface area (Å²) in [5, 5.41) is 10.8. The van der Waals surface area contributed by atoms with Gasteiger partial charge in [-0.05, 0) is 6.07 Å². The first kappa shape index (κ1) is 14.6. The molecule has 0 radical (unpaired) electrons. The van der Waals surface area contributed by atoms with Crippen LogP contribution in [0, 0.1) is 0 Å². The summed E-state index contributed by atoms with van der Waals surface area (Å²) in [6.07, 6.45) is 4.60. The highest BCUT2D eigenvalue weighted by molar-refractivity contribution is 5.90. The van der Waals surface area contributed by atoms with Crippen LogP contribution in [-0.2, 0) is 13.6 Å². The molecule has 0 bridgehead atoms. The Balaban J connectivity index is 1.74. The van der Waals surface area contributed by atoms with E-state index in [2.05, 4.69) is 30.5 Å². The third kappa shape index (κ3) is 3.00. The Labute approximate surface area is 131 Å². The van der Waals surface area contributed by atoms with Gasteiger partial charge in [0.1, 0.15) is 12.7 Å². The van der Waals surface area contributed by atoms with Crippen molar-refractivity contribution in [3.63, 3.8) is 0 Å². The molecule has 0 fully saturated rings. The third-order valence-electron chi connectivity index (χ3n) is 3.05. The molecule has 23 heavy (non-hydrogen) atoms.